The Morgan fingerprint density at radius 1 is 0.429 bits per heavy atom. The van der Waals surface area contributed by atoms with E-state index in [-0.39, 0.29) is 0 Å². The highest BCUT2D eigenvalue weighted by Crippen LogP contribution is 2.10. The molecule has 132 valence electrons. The van der Waals surface area contributed by atoms with Gasteiger partial charge in [-0.3, -0.25) is 0 Å². The van der Waals surface area contributed by atoms with Gasteiger partial charge in [-0.1, -0.05) is 125 Å². The van der Waals surface area contributed by atoms with E-state index in [0.717, 1.165) is 0 Å². The van der Waals surface area contributed by atoms with Gasteiger partial charge in [0, 0.05) is 0 Å². The maximum Gasteiger partial charge on any atom is -0.0187 e. The van der Waals surface area contributed by atoms with Gasteiger partial charge < -0.3 is 5.41 Å². The van der Waals surface area contributed by atoms with Crippen molar-refractivity contribution in [2.45, 2.75) is 125 Å². The molecule has 0 atom stereocenters. The molecule has 0 saturated heterocycles. The fourth-order valence-corrected chi connectivity index (χ4v) is 1.74. The third kappa shape index (κ3) is 65.7. The average molecular weight is 302 g/mol. The second-order valence-corrected chi connectivity index (χ2v) is 5.60. The maximum atomic E-state index is 5.50. The summed E-state index contributed by atoms with van der Waals surface area (Å²) in [4.78, 5) is 0. The fourth-order valence-electron chi connectivity index (χ4n) is 1.74. The van der Waals surface area contributed by atoms with Crippen LogP contribution < -0.4 is 0 Å². The number of hydrogen-bond acceptors (Lipinski definition) is 1. The fraction of sp³-hybridized carbons (Fsp3) is 0.950. The van der Waals surface area contributed by atoms with E-state index in [1.807, 2.05) is 0 Å². The van der Waals surface area contributed by atoms with Crippen LogP contribution in [0.1, 0.15) is 125 Å². The van der Waals surface area contributed by atoms with Crippen molar-refractivity contribution in [3.8, 4) is 0 Å². The van der Waals surface area contributed by atoms with Gasteiger partial charge >= 0.3 is 0 Å². The molecule has 1 heteroatoms. The molecule has 0 aliphatic carbocycles. The number of rotatable bonds is 10. The smallest absolute Gasteiger partial charge is 0.0187 e. The Hall–Kier alpha value is -0.330. The Morgan fingerprint density at radius 3 is 0.714 bits per heavy atom. The first-order valence-electron chi connectivity index (χ1n) is 9.60. The van der Waals surface area contributed by atoms with Crippen LogP contribution in [0.2, 0.25) is 0 Å². The Morgan fingerprint density at radius 2 is 0.571 bits per heavy atom. The number of nitrogens with one attached hydrogen (secondary N) is 1. The summed E-state index contributed by atoms with van der Waals surface area (Å²) >= 11 is 0. The van der Waals surface area contributed by atoms with Gasteiger partial charge in [-0.05, 0) is 6.72 Å². The summed E-state index contributed by atoms with van der Waals surface area (Å²) in [6, 6.07) is 0. The number of hydrogen-bond donors (Lipinski definition) is 1. The minimum absolute atomic E-state index is 1.25. The Balaban J connectivity index is -0.000000151. The van der Waals surface area contributed by atoms with Gasteiger partial charge in [0.1, 0.15) is 0 Å². The van der Waals surface area contributed by atoms with Crippen LogP contribution in [-0.2, 0) is 0 Å². The van der Waals surface area contributed by atoms with Gasteiger partial charge in [0.25, 0.3) is 0 Å². The molecule has 0 rings (SSSR count). The van der Waals surface area contributed by atoms with E-state index in [9.17, 15) is 0 Å². The third-order valence-electron chi connectivity index (χ3n) is 2.71. The summed E-state index contributed by atoms with van der Waals surface area (Å²) in [7, 11) is 0. The van der Waals surface area contributed by atoms with Crippen LogP contribution in [0.4, 0.5) is 0 Å². The van der Waals surface area contributed by atoms with Crippen LogP contribution in [0.3, 0.4) is 0 Å². The zero-order valence-electron chi connectivity index (χ0n) is 16.4. The Kier molecular flexibility index (Phi) is 58.5. The van der Waals surface area contributed by atoms with E-state index < -0.39 is 0 Å². The van der Waals surface area contributed by atoms with Crippen molar-refractivity contribution in [1.82, 2.24) is 0 Å². The summed E-state index contributed by atoms with van der Waals surface area (Å²) in [5.41, 5.74) is 0. The second kappa shape index (κ2) is 42.7. The highest BCUT2D eigenvalue weighted by Gasteiger charge is 1.90. The first kappa shape index (κ1) is 28.8. The first-order valence-corrected chi connectivity index (χ1v) is 9.60. The predicted octanol–water partition coefficient (Wildman–Crippen LogP) is 8.42. The minimum Gasteiger partial charge on any atom is -0.317 e. The SMILES string of the molecule is C=N.CCC.CCC.CCCCCCCCCCCCC. The quantitative estimate of drug-likeness (QED) is 0.309. The van der Waals surface area contributed by atoms with E-state index in [4.69, 9.17) is 5.41 Å². The van der Waals surface area contributed by atoms with Crippen LogP contribution in [0.25, 0.3) is 0 Å². The summed E-state index contributed by atoms with van der Waals surface area (Å²) in [5.74, 6) is 0. The number of unbranched alkanes of at least 4 members (excludes halogenated alkanes) is 10. The molecule has 0 fully saturated rings. The van der Waals surface area contributed by atoms with Gasteiger partial charge in [-0.15, -0.1) is 0 Å². The molecular weight excluding hydrogens is 254 g/mol. The second-order valence-electron chi connectivity index (χ2n) is 5.60. The predicted molar refractivity (Wildman–Crippen MR) is 104 cm³/mol. The van der Waals surface area contributed by atoms with E-state index in [1.165, 1.54) is 83.5 Å². The lowest BCUT2D eigenvalue weighted by Gasteiger charge is -2.00. The molecule has 0 radical (unpaired) electrons. The third-order valence-corrected chi connectivity index (χ3v) is 2.71. The summed E-state index contributed by atoms with van der Waals surface area (Å²) in [5, 5.41) is 5.50. The molecule has 0 amide bonds. The summed E-state index contributed by atoms with van der Waals surface area (Å²) < 4.78 is 0. The lowest BCUT2D eigenvalue weighted by Crippen LogP contribution is -1.80. The zero-order valence-corrected chi connectivity index (χ0v) is 16.4. The van der Waals surface area contributed by atoms with Crippen molar-refractivity contribution in [2.75, 3.05) is 0 Å². The molecule has 1 nitrogen and oxygen atoms in total. The topological polar surface area (TPSA) is 23.9 Å². The van der Waals surface area contributed by atoms with E-state index in [0.29, 0.717) is 0 Å². The first-order chi connectivity index (χ1) is 10.2. The van der Waals surface area contributed by atoms with Crippen molar-refractivity contribution >= 4 is 6.72 Å². The average Bonchev–Trinajstić information content (AvgIpc) is 2.49. The molecular formula is C20H47N. The molecule has 0 aromatic carbocycles. The van der Waals surface area contributed by atoms with E-state index in [2.05, 4.69) is 48.3 Å². The summed E-state index contributed by atoms with van der Waals surface area (Å²) in [6.07, 6.45) is 18.4. The largest absolute Gasteiger partial charge is 0.317 e. The highest BCUT2D eigenvalue weighted by atomic mass is 14.2. The molecule has 1 N–H and O–H groups in total. The van der Waals surface area contributed by atoms with Gasteiger partial charge in [0.15, 0.2) is 0 Å². The standard InChI is InChI=1S/C13H28.2C3H8.CH3N/c1-3-5-7-9-11-13-12-10-8-6-4-2;2*1-3-2;1-2/h3-13H2,1-2H3;2*3H2,1-2H3;2H,1H2. The van der Waals surface area contributed by atoms with Crippen LogP contribution >= 0.6 is 0 Å². The van der Waals surface area contributed by atoms with Crippen molar-refractivity contribution in [1.29, 1.82) is 5.41 Å². The van der Waals surface area contributed by atoms with Crippen LogP contribution in [0.15, 0.2) is 0 Å². The Labute approximate surface area is 137 Å². The van der Waals surface area contributed by atoms with Crippen molar-refractivity contribution in [3.05, 3.63) is 0 Å². The molecule has 0 aromatic heterocycles. The molecule has 0 aromatic rings. The molecule has 0 unspecified atom stereocenters. The van der Waals surface area contributed by atoms with Crippen LogP contribution in [0.5, 0.6) is 0 Å². The molecule has 21 heavy (non-hydrogen) atoms. The highest BCUT2D eigenvalue weighted by molar-refractivity contribution is 5.15. The van der Waals surface area contributed by atoms with E-state index in [1.54, 1.807) is 0 Å². The van der Waals surface area contributed by atoms with Gasteiger partial charge in [0.2, 0.25) is 0 Å². The zero-order chi connectivity index (χ0) is 17.2. The van der Waals surface area contributed by atoms with Crippen LogP contribution in [-0.4, -0.2) is 6.72 Å². The normalized spacial score (nSPS) is 8.48. The Bertz CT molecular complexity index is 100. The molecule has 0 saturated carbocycles. The minimum atomic E-state index is 1.25. The molecule has 0 aliphatic heterocycles. The lowest BCUT2D eigenvalue weighted by molar-refractivity contribution is 0.554. The van der Waals surface area contributed by atoms with Gasteiger partial charge in [-0.25, -0.2) is 0 Å². The van der Waals surface area contributed by atoms with Crippen molar-refractivity contribution in [3.63, 3.8) is 0 Å². The van der Waals surface area contributed by atoms with Gasteiger partial charge in [0.05, 0.1) is 0 Å². The van der Waals surface area contributed by atoms with Crippen molar-refractivity contribution in [2.24, 2.45) is 0 Å². The lowest BCUT2D eigenvalue weighted by atomic mass is 10.1. The molecule has 0 bridgehead atoms. The molecule has 0 spiro atoms. The molecule has 0 aliphatic rings. The van der Waals surface area contributed by atoms with E-state index >= 15 is 0 Å². The summed E-state index contributed by atoms with van der Waals surface area (Å²) in [6.45, 7) is 15.6. The van der Waals surface area contributed by atoms with Crippen molar-refractivity contribution < 1.29 is 0 Å². The van der Waals surface area contributed by atoms with Crippen LogP contribution in [0, 0.1) is 5.41 Å². The maximum absolute atomic E-state index is 5.50. The monoisotopic (exact) mass is 301 g/mol. The molecule has 0 heterocycles. The van der Waals surface area contributed by atoms with Gasteiger partial charge in [-0.2, -0.15) is 0 Å².